The maximum Gasteiger partial charge on any atom is 0.0340 e. The van der Waals surface area contributed by atoms with Gasteiger partial charge in [0, 0.05) is 18.0 Å². The third-order valence-electron chi connectivity index (χ3n) is 2.63. The molecule has 1 nitrogen and oxygen atoms in total. The summed E-state index contributed by atoms with van der Waals surface area (Å²) in [6, 6.07) is 8.80. The Bertz CT molecular complexity index is 322. The Morgan fingerprint density at radius 1 is 1.12 bits per heavy atom. The van der Waals surface area contributed by atoms with Crippen LogP contribution in [0.1, 0.15) is 40.2 Å². The first-order chi connectivity index (χ1) is 7.89. The topological polar surface area (TPSA) is 12.0 Å². The number of thioether (sulfide) groups is 1. The molecule has 0 saturated heterocycles. The Morgan fingerprint density at radius 3 is 2.18 bits per heavy atom. The van der Waals surface area contributed by atoms with Gasteiger partial charge in [-0.25, -0.2) is 0 Å². The van der Waals surface area contributed by atoms with Gasteiger partial charge in [-0.3, -0.25) is 0 Å². The quantitative estimate of drug-likeness (QED) is 0.771. The van der Waals surface area contributed by atoms with Crippen LogP contribution in [0.3, 0.4) is 0 Å². The van der Waals surface area contributed by atoms with E-state index in [1.165, 1.54) is 17.0 Å². The van der Waals surface area contributed by atoms with Gasteiger partial charge in [0.05, 0.1) is 0 Å². The van der Waals surface area contributed by atoms with Gasteiger partial charge in [-0.15, -0.1) is 0 Å². The Kier molecular flexibility index (Phi) is 5.38. The van der Waals surface area contributed by atoms with Gasteiger partial charge in [0.1, 0.15) is 0 Å². The van der Waals surface area contributed by atoms with Crippen LogP contribution in [0, 0.1) is 0 Å². The lowest BCUT2D eigenvalue weighted by Gasteiger charge is -2.19. The molecular weight excluding hydrogens is 226 g/mol. The highest BCUT2D eigenvalue weighted by molar-refractivity contribution is 7.99. The number of benzene rings is 1. The van der Waals surface area contributed by atoms with Crippen molar-refractivity contribution in [1.29, 1.82) is 0 Å². The van der Waals surface area contributed by atoms with Gasteiger partial charge in [0.2, 0.25) is 0 Å². The largest absolute Gasteiger partial charge is 0.384 e. The molecule has 0 aliphatic rings. The van der Waals surface area contributed by atoms with Crippen molar-refractivity contribution in [3.8, 4) is 0 Å². The molecule has 0 amide bonds. The lowest BCUT2D eigenvalue weighted by Crippen LogP contribution is -2.11. The van der Waals surface area contributed by atoms with Crippen LogP contribution in [-0.4, -0.2) is 17.5 Å². The van der Waals surface area contributed by atoms with Crippen molar-refractivity contribution in [2.45, 2.75) is 45.3 Å². The van der Waals surface area contributed by atoms with E-state index >= 15 is 0 Å². The van der Waals surface area contributed by atoms with E-state index < -0.39 is 0 Å². The molecule has 2 heteroatoms. The highest BCUT2D eigenvalue weighted by atomic mass is 32.2. The standard InChI is InChI=1S/C15H25NS/c1-12(2)17-11-10-16-14-8-6-13(7-9-14)15(3,4)5/h6-9,12,16H,10-11H2,1-5H3. The minimum atomic E-state index is 0.242. The highest BCUT2D eigenvalue weighted by Crippen LogP contribution is 2.23. The molecule has 0 aromatic heterocycles. The first-order valence-corrected chi connectivity index (χ1v) is 7.40. The summed E-state index contributed by atoms with van der Waals surface area (Å²) in [5, 5.41) is 4.18. The van der Waals surface area contributed by atoms with E-state index in [0.29, 0.717) is 0 Å². The molecule has 0 fully saturated rings. The van der Waals surface area contributed by atoms with Crippen LogP contribution in [-0.2, 0) is 5.41 Å². The number of hydrogen-bond donors (Lipinski definition) is 1. The van der Waals surface area contributed by atoms with Gasteiger partial charge in [-0.1, -0.05) is 46.8 Å². The zero-order valence-corrected chi connectivity index (χ0v) is 12.5. The van der Waals surface area contributed by atoms with E-state index in [-0.39, 0.29) is 5.41 Å². The van der Waals surface area contributed by atoms with Gasteiger partial charge in [-0.05, 0) is 28.4 Å². The van der Waals surface area contributed by atoms with E-state index in [9.17, 15) is 0 Å². The molecule has 96 valence electrons. The van der Waals surface area contributed by atoms with Crippen LogP contribution < -0.4 is 5.32 Å². The Morgan fingerprint density at radius 2 is 1.71 bits per heavy atom. The highest BCUT2D eigenvalue weighted by Gasteiger charge is 2.12. The third kappa shape index (κ3) is 5.49. The smallest absolute Gasteiger partial charge is 0.0340 e. The van der Waals surface area contributed by atoms with Gasteiger partial charge >= 0.3 is 0 Å². The average Bonchev–Trinajstić information content (AvgIpc) is 2.23. The molecule has 0 radical (unpaired) electrons. The lowest BCUT2D eigenvalue weighted by molar-refractivity contribution is 0.590. The summed E-state index contributed by atoms with van der Waals surface area (Å²) in [5.41, 5.74) is 2.86. The second-order valence-electron chi connectivity index (χ2n) is 5.67. The Balaban J connectivity index is 2.41. The van der Waals surface area contributed by atoms with Crippen LogP contribution in [0.15, 0.2) is 24.3 Å². The summed E-state index contributed by atoms with van der Waals surface area (Å²) in [6.45, 7) is 12.3. The fraction of sp³-hybridized carbons (Fsp3) is 0.600. The number of anilines is 1. The molecule has 0 saturated carbocycles. The van der Waals surface area contributed by atoms with E-state index in [0.717, 1.165) is 11.8 Å². The van der Waals surface area contributed by atoms with E-state index in [4.69, 9.17) is 0 Å². The minimum absolute atomic E-state index is 0.242. The van der Waals surface area contributed by atoms with E-state index in [1.54, 1.807) is 0 Å². The molecule has 1 N–H and O–H groups in total. The maximum absolute atomic E-state index is 3.46. The summed E-state index contributed by atoms with van der Waals surface area (Å²) in [7, 11) is 0. The second kappa shape index (κ2) is 6.34. The average molecular weight is 251 g/mol. The van der Waals surface area contributed by atoms with Crippen LogP contribution in [0.4, 0.5) is 5.69 Å². The molecule has 0 aliphatic heterocycles. The molecule has 1 rings (SSSR count). The third-order valence-corrected chi connectivity index (χ3v) is 3.74. The van der Waals surface area contributed by atoms with Crippen LogP contribution in [0.2, 0.25) is 0 Å². The first kappa shape index (κ1) is 14.4. The molecule has 0 heterocycles. The molecule has 17 heavy (non-hydrogen) atoms. The van der Waals surface area contributed by atoms with Crippen molar-refractivity contribution >= 4 is 17.4 Å². The van der Waals surface area contributed by atoms with Crippen molar-refractivity contribution in [2.75, 3.05) is 17.6 Å². The fourth-order valence-corrected chi connectivity index (χ4v) is 2.27. The monoisotopic (exact) mass is 251 g/mol. The van der Waals surface area contributed by atoms with Crippen LogP contribution >= 0.6 is 11.8 Å². The molecule has 0 bridgehead atoms. The molecule has 0 atom stereocenters. The molecular formula is C15H25NS. The van der Waals surface area contributed by atoms with Gasteiger partial charge in [-0.2, -0.15) is 11.8 Å². The molecule has 0 spiro atoms. The fourth-order valence-electron chi connectivity index (χ4n) is 1.58. The zero-order valence-electron chi connectivity index (χ0n) is 11.7. The number of nitrogens with one attached hydrogen (secondary N) is 1. The summed E-state index contributed by atoms with van der Waals surface area (Å²) >= 11 is 2.00. The zero-order chi connectivity index (χ0) is 12.9. The Labute approximate surface area is 110 Å². The Hall–Kier alpha value is -0.630. The first-order valence-electron chi connectivity index (χ1n) is 6.35. The van der Waals surface area contributed by atoms with Crippen LogP contribution in [0.25, 0.3) is 0 Å². The minimum Gasteiger partial charge on any atom is -0.384 e. The van der Waals surface area contributed by atoms with Gasteiger partial charge < -0.3 is 5.32 Å². The second-order valence-corrected chi connectivity index (χ2v) is 7.36. The van der Waals surface area contributed by atoms with Crippen molar-refractivity contribution in [1.82, 2.24) is 0 Å². The van der Waals surface area contributed by atoms with Crippen molar-refractivity contribution in [3.05, 3.63) is 29.8 Å². The van der Waals surface area contributed by atoms with Gasteiger partial charge in [0.25, 0.3) is 0 Å². The van der Waals surface area contributed by atoms with Crippen molar-refractivity contribution in [2.24, 2.45) is 0 Å². The van der Waals surface area contributed by atoms with Gasteiger partial charge in [0.15, 0.2) is 0 Å². The number of hydrogen-bond acceptors (Lipinski definition) is 2. The SMILES string of the molecule is CC(C)SCCNc1ccc(C(C)(C)C)cc1. The summed E-state index contributed by atoms with van der Waals surface area (Å²) in [5.74, 6) is 1.17. The predicted molar refractivity (Wildman–Crippen MR) is 81.2 cm³/mol. The summed E-state index contributed by atoms with van der Waals surface area (Å²) < 4.78 is 0. The molecule has 1 aromatic rings. The normalized spacial score (nSPS) is 11.9. The summed E-state index contributed by atoms with van der Waals surface area (Å²) in [4.78, 5) is 0. The predicted octanol–water partition coefficient (Wildman–Crippen LogP) is 4.54. The number of rotatable bonds is 5. The van der Waals surface area contributed by atoms with E-state index in [1.807, 2.05) is 11.8 Å². The maximum atomic E-state index is 3.46. The lowest BCUT2D eigenvalue weighted by atomic mass is 9.87. The molecule has 0 aliphatic carbocycles. The molecule has 0 unspecified atom stereocenters. The summed E-state index contributed by atoms with van der Waals surface area (Å²) in [6.07, 6.45) is 0. The van der Waals surface area contributed by atoms with E-state index in [2.05, 4.69) is 64.2 Å². The van der Waals surface area contributed by atoms with Crippen molar-refractivity contribution < 1.29 is 0 Å². The van der Waals surface area contributed by atoms with Crippen LogP contribution in [0.5, 0.6) is 0 Å². The molecule has 1 aromatic carbocycles. The van der Waals surface area contributed by atoms with Crippen molar-refractivity contribution in [3.63, 3.8) is 0 Å².